The maximum absolute atomic E-state index is 12.9. The smallest absolute Gasteiger partial charge is 0.335 e. The first-order chi connectivity index (χ1) is 15.0. The molecule has 0 aliphatic carbocycles. The summed E-state index contributed by atoms with van der Waals surface area (Å²) in [6, 6.07) is 10.7. The second kappa shape index (κ2) is 9.13. The van der Waals surface area contributed by atoms with E-state index in [2.05, 4.69) is 14.7 Å². The van der Waals surface area contributed by atoms with Crippen LogP contribution in [0.5, 0.6) is 5.75 Å². The molecule has 0 aliphatic heterocycles. The fourth-order valence-corrected chi connectivity index (χ4v) is 4.35. The number of rotatable bonds is 7. The van der Waals surface area contributed by atoms with E-state index < -0.39 is 16.0 Å². The van der Waals surface area contributed by atoms with Gasteiger partial charge in [0, 0.05) is 5.56 Å². The van der Waals surface area contributed by atoms with Crippen molar-refractivity contribution in [1.29, 1.82) is 0 Å². The lowest BCUT2D eigenvalue weighted by Gasteiger charge is -2.18. The van der Waals surface area contributed by atoms with Crippen molar-refractivity contribution in [1.82, 2.24) is 9.97 Å². The summed E-state index contributed by atoms with van der Waals surface area (Å²) in [6.07, 6.45) is -0.222. The zero-order valence-corrected chi connectivity index (χ0v) is 19.5. The molecule has 1 heterocycles. The zero-order chi connectivity index (χ0) is 23.6. The van der Waals surface area contributed by atoms with Crippen LogP contribution in [0.15, 0.2) is 47.4 Å². The van der Waals surface area contributed by atoms with Gasteiger partial charge in [-0.05, 0) is 57.0 Å². The van der Waals surface area contributed by atoms with Gasteiger partial charge in [-0.3, -0.25) is 0 Å². The normalized spacial score (nSPS) is 11.4. The Hall–Kier alpha value is -3.17. The molecule has 2 aromatic carbocycles. The number of anilines is 1. The molecule has 0 amide bonds. The topological polar surface area (TPSA) is 118 Å². The number of carbonyl (C=O) groups is 1. The Labute approximate surface area is 191 Å². The van der Waals surface area contributed by atoms with Crippen LogP contribution in [0.2, 0.25) is 5.15 Å². The lowest BCUT2D eigenvalue weighted by molar-refractivity contribution is 0.0696. The van der Waals surface area contributed by atoms with E-state index in [0.717, 1.165) is 22.8 Å². The zero-order valence-electron chi connectivity index (χ0n) is 17.9. The van der Waals surface area contributed by atoms with Gasteiger partial charge in [-0.1, -0.05) is 35.9 Å². The second-order valence-corrected chi connectivity index (χ2v) is 9.43. The van der Waals surface area contributed by atoms with Crippen molar-refractivity contribution in [3.63, 3.8) is 0 Å². The average Bonchev–Trinajstić information content (AvgIpc) is 2.70. The summed E-state index contributed by atoms with van der Waals surface area (Å²) in [5.74, 6) is -1.26. The molecule has 2 N–H and O–H groups in total. The van der Waals surface area contributed by atoms with E-state index in [0.29, 0.717) is 5.69 Å². The van der Waals surface area contributed by atoms with Crippen LogP contribution in [0, 0.1) is 13.8 Å². The molecule has 3 aromatic rings. The molecule has 3 rings (SSSR count). The Morgan fingerprint density at radius 1 is 1.09 bits per heavy atom. The number of aromatic carboxylic acids is 1. The van der Waals surface area contributed by atoms with Gasteiger partial charge in [0.05, 0.1) is 16.6 Å². The summed E-state index contributed by atoms with van der Waals surface area (Å²) < 4.78 is 33.9. The Morgan fingerprint density at radius 2 is 1.72 bits per heavy atom. The molecule has 0 saturated carbocycles. The molecule has 0 fully saturated rings. The maximum Gasteiger partial charge on any atom is 0.335 e. The van der Waals surface area contributed by atoms with Gasteiger partial charge in [0.2, 0.25) is 5.95 Å². The van der Waals surface area contributed by atoms with E-state index in [-0.39, 0.29) is 33.4 Å². The van der Waals surface area contributed by atoms with Gasteiger partial charge in [0.25, 0.3) is 10.0 Å². The number of hydrogen-bond acceptors (Lipinski definition) is 6. The van der Waals surface area contributed by atoms with Gasteiger partial charge in [0.1, 0.15) is 5.69 Å². The van der Waals surface area contributed by atoms with Crippen LogP contribution in [0.25, 0.3) is 11.3 Å². The number of aromatic nitrogens is 2. The summed E-state index contributed by atoms with van der Waals surface area (Å²) in [6.45, 7) is 7.46. The summed E-state index contributed by atoms with van der Waals surface area (Å²) >= 11 is 6.39. The predicted octanol–water partition coefficient (Wildman–Crippen LogP) is 4.70. The summed E-state index contributed by atoms with van der Waals surface area (Å²) in [4.78, 5) is 19.4. The average molecular weight is 476 g/mol. The van der Waals surface area contributed by atoms with Gasteiger partial charge in [0.15, 0.2) is 10.9 Å². The molecule has 0 bridgehead atoms. The number of carboxylic acids is 1. The summed E-state index contributed by atoms with van der Waals surface area (Å²) in [5.41, 5.74) is 2.74. The highest BCUT2D eigenvalue weighted by atomic mass is 35.5. The number of benzene rings is 2. The number of nitrogens with zero attached hydrogens (tertiary/aromatic N) is 2. The van der Waals surface area contributed by atoms with E-state index in [1.165, 1.54) is 18.2 Å². The third-order valence-corrected chi connectivity index (χ3v) is 6.09. The number of nitrogens with one attached hydrogen (secondary N) is 1. The van der Waals surface area contributed by atoms with Crippen LogP contribution in [-0.2, 0) is 10.0 Å². The minimum Gasteiger partial charge on any atom is -0.485 e. The van der Waals surface area contributed by atoms with Crippen LogP contribution < -0.4 is 9.46 Å². The van der Waals surface area contributed by atoms with E-state index in [4.69, 9.17) is 21.4 Å². The third kappa shape index (κ3) is 5.00. The molecule has 10 heteroatoms. The van der Waals surface area contributed by atoms with Gasteiger partial charge in [-0.2, -0.15) is 4.98 Å². The van der Waals surface area contributed by atoms with E-state index in [9.17, 15) is 13.2 Å². The third-order valence-electron chi connectivity index (χ3n) is 4.51. The summed E-state index contributed by atoms with van der Waals surface area (Å²) in [7, 11) is -4.18. The van der Waals surface area contributed by atoms with Crippen LogP contribution in [0.3, 0.4) is 0 Å². The minimum atomic E-state index is -4.18. The first kappa shape index (κ1) is 23.5. The van der Waals surface area contributed by atoms with E-state index in [1.807, 2.05) is 45.9 Å². The first-order valence-corrected chi connectivity index (χ1v) is 11.5. The molecule has 8 nitrogen and oxygen atoms in total. The van der Waals surface area contributed by atoms with Crippen molar-refractivity contribution < 1.29 is 23.1 Å². The molecule has 0 saturated heterocycles. The lowest BCUT2D eigenvalue weighted by atomic mass is 9.99. The van der Waals surface area contributed by atoms with Crippen molar-refractivity contribution in [3.05, 3.63) is 64.3 Å². The largest absolute Gasteiger partial charge is 0.485 e. The highest BCUT2D eigenvalue weighted by molar-refractivity contribution is 7.92. The van der Waals surface area contributed by atoms with Gasteiger partial charge < -0.3 is 9.84 Å². The number of hydrogen-bond donors (Lipinski definition) is 2. The Balaban J connectivity index is 2.13. The Morgan fingerprint density at radius 3 is 2.31 bits per heavy atom. The van der Waals surface area contributed by atoms with Crippen molar-refractivity contribution in [2.45, 2.75) is 38.7 Å². The molecular formula is C22H22ClN3O5S. The lowest BCUT2D eigenvalue weighted by Crippen LogP contribution is -2.17. The predicted molar refractivity (Wildman–Crippen MR) is 122 cm³/mol. The molecule has 168 valence electrons. The first-order valence-electron chi connectivity index (χ1n) is 9.66. The van der Waals surface area contributed by atoms with E-state index >= 15 is 0 Å². The van der Waals surface area contributed by atoms with Gasteiger partial charge in [-0.25, -0.2) is 22.9 Å². The monoisotopic (exact) mass is 475 g/mol. The van der Waals surface area contributed by atoms with E-state index in [1.54, 1.807) is 0 Å². The number of carboxylic acid groups (broad SMARTS) is 1. The highest BCUT2D eigenvalue weighted by Gasteiger charge is 2.23. The number of halogens is 1. The number of sulfonamides is 1. The van der Waals surface area contributed by atoms with Crippen molar-refractivity contribution in [2.75, 3.05) is 4.72 Å². The molecule has 32 heavy (non-hydrogen) atoms. The van der Waals surface area contributed by atoms with Crippen molar-refractivity contribution >= 4 is 33.5 Å². The fourth-order valence-electron chi connectivity index (χ4n) is 3.14. The minimum absolute atomic E-state index is 0.0525. The second-order valence-electron chi connectivity index (χ2n) is 7.39. The molecular weight excluding hydrogens is 454 g/mol. The highest BCUT2D eigenvalue weighted by Crippen LogP contribution is 2.38. The van der Waals surface area contributed by atoms with Crippen molar-refractivity contribution in [2.24, 2.45) is 0 Å². The van der Waals surface area contributed by atoms with Gasteiger partial charge in [-0.15, -0.1) is 0 Å². The maximum atomic E-state index is 12.9. The van der Waals surface area contributed by atoms with Crippen LogP contribution >= 0.6 is 11.6 Å². The molecule has 0 atom stereocenters. The van der Waals surface area contributed by atoms with Crippen LogP contribution in [0.1, 0.15) is 35.3 Å². The van der Waals surface area contributed by atoms with Gasteiger partial charge >= 0.3 is 5.97 Å². The Kier molecular flexibility index (Phi) is 6.71. The summed E-state index contributed by atoms with van der Waals surface area (Å²) in [5, 5.41) is 9.09. The fraction of sp³-hybridized carbons (Fsp3) is 0.227. The SMILES string of the molecule is Cc1cccc(C)c1-c1nc(NS(=O)(=O)c2cccc(C(=O)O)c2)nc(Cl)c1OC(C)C. The van der Waals surface area contributed by atoms with Crippen LogP contribution in [-0.4, -0.2) is 35.6 Å². The standard InChI is InChI=1S/C22H22ClN3O5S/c1-12(2)31-19-18(17-13(3)7-5-8-14(17)4)24-22(25-20(19)23)26-32(29,30)16-10-6-9-15(11-16)21(27)28/h5-12H,1-4H3,(H,27,28)(H,24,25,26). The molecule has 0 unspecified atom stereocenters. The molecule has 0 radical (unpaired) electrons. The molecule has 0 aliphatic rings. The van der Waals surface area contributed by atoms with Crippen molar-refractivity contribution in [3.8, 4) is 17.0 Å². The number of aryl methyl sites for hydroxylation is 2. The quantitative estimate of drug-likeness (QED) is 0.475. The molecule has 0 spiro atoms. The molecule has 1 aromatic heterocycles. The van der Waals surface area contributed by atoms with Crippen LogP contribution in [0.4, 0.5) is 5.95 Å². The number of ether oxygens (including phenoxy) is 1. The Bertz CT molecular complexity index is 1270.